The van der Waals surface area contributed by atoms with E-state index in [1.54, 1.807) is 24.3 Å². The van der Waals surface area contributed by atoms with Crippen molar-refractivity contribution in [2.75, 3.05) is 0 Å². The molecule has 0 aromatic rings. The Morgan fingerprint density at radius 3 is 1.31 bits per heavy atom. The average Bonchev–Trinajstić information content (AvgIpc) is 2.29. The fourth-order valence-corrected chi connectivity index (χ4v) is 1.63. The lowest BCUT2D eigenvalue weighted by atomic mass is 9.94. The normalized spacial score (nSPS) is 23.9. The summed E-state index contributed by atoms with van der Waals surface area (Å²) in [7, 11) is 0. The topological polar surface area (TPSA) is 40.5 Å². The number of rotatable bonds is 0. The summed E-state index contributed by atoms with van der Waals surface area (Å²) in [5, 5.41) is 20.0. The predicted octanol–water partition coefficient (Wildman–Crippen LogP) is 1.48. The smallest absolute Gasteiger partial charge is 0.163 e. The summed E-state index contributed by atoms with van der Waals surface area (Å²) in [6, 6.07) is 0. The Labute approximate surface area is 95.3 Å². The average molecular weight is 214 g/mol. The molecule has 0 atom stereocenters. The maximum Gasteiger partial charge on any atom is 0.163 e. The van der Waals surface area contributed by atoms with Gasteiger partial charge in [-0.05, 0) is 37.1 Å². The van der Waals surface area contributed by atoms with Gasteiger partial charge in [0.15, 0.2) is 11.2 Å². The number of hydrogen-bond acceptors (Lipinski definition) is 2. The van der Waals surface area contributed by atoms with Crippen molar-refractivity contribution in [2.45, 2.75) is 24.0 Å². The van der Waals surface area contributed by atoms with Gasteiger partial charge in [-0.1, -0.05) is 36.1 Å². The molecule has 2 nitrogen and oxygen atoms in total. The van der Waals surface area contributed by atoms with Gasteiger partial charge in [0.05, 0.1) is 0 Å². The van der Waals surface area contributed by atoms with Crippen LogP contribution < -0.4 is 0 Å². The molecule has 0 aromatic carbocycles. The Balaban J connectivity index is 2.21. The lowest BCUT2D eigenvalue weighted by molar-refractivity contribution is 0.191. The standard InChI is InChI=1S/C14H14O2/c15-13(7-3-1-4-8-13)11-12-14(16)9-5-2-6-10-14/h3-10,15-16H,1-2H2. The molecule has 82 valence electrons. The molecule has 2 aliphatic rings. The van der Waals surface area contributed by atoms with E-state index in [0.29, 0.717) is 0 Å². The summed E-state index contributed by atoms with van der Waals surface area (Å²) >= 11 is 0. The van der Waals surface area contributed by atoms with E-state index in [1.165, 1.54) is 0 Å². The highest BCUT2D eigenvalue weighted by Crippen LogP contribution is 2.17. The predicted molar refractivity (Wildman–Crippen MR) is 63.5 cm³/mol. The second-order valence-electron chi connectivity index (χ2n) is 3.98. The molecule has 2 heteroatoms. The van der Waals surface area contributed by atoms with Crippen LogP contribution in [0.2, 0.25) is 0 Å². The molecule has 0 radical (unpaired) electrons. The number of hydrogen-bond donors (Lipinski definition) is 2. The van der Waals surface area contributed by atoms with Gasteiger partial charge in [-0.25, -0.2) is 0 Å². The zero-order valence-electron chi connectivity index (χ0n) is 8.93. The summed E-state index contributed by atoms with van der Waals surface area (Å²) in [6.07, 6.45) is 15.6. The van der Waals surface area contributed by atoms with Crippen molar-refractivity contribution < 1.29 is 10.2 Å². The van der Waals surface area contributed by atoms with Crippen molar-refractivity contribution in [2.24, 2.45) is 0 Å². The van der Waals surface area contributed by atoms with E-state index < -0.39 is 11.2 Å². The highest BCUT2D eigenvalue weighted by Gasteiger charge is 2.22. The lowest BCUT2D eigenvalue weighted by Gasteiger charge is -2.19. The monoisotopic (exact) mass is 214 g/mol. The van der Waals surface area contributed by atoms with Crippen LogP contribution in [0.15, 0.2) is 48.6 Å². The van der Waals surface area contributed by atoms with Crippen molar-refractivity contribution in [3.05, 3.63) is 48.6 Å². The van der Waals surface area contributed by atoms with Gasteiger partial charge in [0.25, 0.3) is 0 Å². The van der Waals surface area contributed by atoms with Crippen LogP contribution in [0, 0.1) is 11.8 Å². The molecule has 0 amide bonds. The quantitative estimate of drug-likeness (QED) is 0.473. The van der Waals surface area contributed by atoms with E-state index >= 15 is 0 Å². The third kappa shape index (κ3) is 2.52. The molecule has 2 rings (SSSR count). The summed E-state index contributed by atoms with van der Waals surface area (Å²) in [6.45, 7) is 0. The lowest BCUT2D eigenvalue weighted by Crippen LogP contribution is -2.26. The van der Waals surface area contributed by atoms with Crippen molar-refractivity contribution in [3.8, 4) is 11.8 Å². The Hall–Kier alpha value is -1.56. The molecule has 0 saturated heterocycles. The second-order valence-corrected chi connectivity index (χ2v) is 3.98. The van der Waals surface area contributed by atoms with E-state index in [4.69, 9.17) is 0 Å². The molecule has 2 aliphatic carbocycles. The van der Waals surface area contributed by atoms with Crippen LogP contribution in [0.25, 0.3) is 0 Å². The van der Waals surface area contributed by atoms with Gasteiger partial charge in [0, 0.05) is 0 Å². The first-order valence-corrected chi connectivity index (χ1v) is 5.32. The Kier molecular flexibility index (Phi) is 2.82. The number of aliphatic hydroxyl groups is 2. The minimum atomic E-state index is -1.24. The van der Waals surface area contributed by atoms with Crippen molar-refractivity contribution >= 4 is 0 Å². The Bertz CT molecular complexity index is 377. The molecule has 16 heavy (non-hydrogen) atoms. The third-order valence-electron chi connectivity index (χ3n) is 2.50. The van der Waals surface area contributed by atoms with Gasteiger partial charge in [-0.2, -0.15) is 0 Å². The zero-order valence-corrected chi connectivity index (χ0v) is 8.93. The van der Waals surface area contributed by atoms with Crippen molar-refractivity contribution in [1.29, 1.82) is 0 Å². The van der Waals surface area contributed by atoms with E-state index in [1.807, 2.05) is 24.3 Å². The van der Waals surface area contributed by atoms with Crippen LogP contribution in [0.1, 0.15) is 12.8 Å². The summed E-state index contributed by atoms with van der Waals surface area (Å²) < 4.78 is 0. The summed E-state index contributed by atoms with van der Waals surface area (Å²) in [5.74, 6) is 5.38. The first-order chi connectivity index (χ1) is 7.62. The molecular weight excluding hydrogens is 200 g/mol. The van der Waals surface area contributed by atoms with Gasteiger partial charge in [0.1, 0.15) is 0 Å². The summed E-state index contributed by atoms with van der Waals surface area (Å²) in [4.78, 5) is 0. The van der Waals surface area contributed by atoms with Crippen molar-refractivity contribution in [1.82, 2.24) is 0 Å². The highest BCUT2D eigenvalue weighted by molar-refractivity contribution is 5.40. The van der Waals surface area contributed by atoms with Crippen LogP contribution in [0.5, 0.6) is 0 Å². The van der Waals surface area contributed by atoms with E-state index in [-0.39, 0.29) is 0 Å². The summed E-state index contributed by atoms with van der Waals surface area (Å²) in [5.41, 5.74) is -2.49. The van der Waals surface area contributed by atoms with Crippen LogP contribution >= 0.6 is 0 Å². The van der Waals surface area contributed by atoms with Gasteiger partial charge < -0.3 is 10.2 Å². The highest BCUT2D eigenvalue weighted by atomic mass is 16.3. The minimum absolute atomic E-state index is 0.814. The molecule has 0 aliphatic heterocycles. The second kappa shape index (κ2) is 4.13. The molecule has 2 N–H and O–H groups in total. The molecule has 0 aromatic heterocycles. The third-order valence-corrected chi connectivity index (χ3v) is 2.50. The molecule has 0 heterocycles. The fraction of sp³-hybridized carbons (Fsp3) is 0.286. The SMILES string of the molecule is OC1(C#CC2(O)C=CCC=C2)C=CCC=C1. The van der Waals surface area contributed by atoms with Gasteiger partial charge >= 0.3 is 0 Å². The maximum atomic E-state index is 10.0. The molecule has 0 fully saturated rings. The molecule has 0 saturated carbocycles. The van der Waals surface area contributed by atoms with Gasteiger partial charge in [0.2, 0.25) is 0 Å². The first kappa shape index (κ1) is 10.9. The van der Waals surface area contributed by atoms with Crippen molar-refractivity contribution in [3.63, 3.8) is 0 Å². The molecular formula is C14H14O2. The van der Waals surface area contributed by atoms with Crippen LogP contribution in [0.3, 0.4) is 0 Å². The van der Waals surface area contributed by atoms with E-state index in [9.17, 15) is 10.2 Å². The fourth-order valence-electron chi connectivity index (χ4n) is 1.63. The Morgan fingerprint density at radius 2 is 1.00 bits per heavy atom. The Morgan fingerprint density at radius 1 is 0.688 bits per heavy atom. The van der Waals surface area contributed by atoms with E-state index in [2.05, 4.69) is 11.8 Å². The van der Waals surface area contributed by atoms with Crippen LogP contribution in [-0.2, 0) is 0 Å². The van der Waals surface area contributed by atoms with Crippen LogP contribution in [-0.4, -0.2) is 21.4 Å². The van der Waals surface area contributed by atoms with Gasteiger partial charge in [-0.3, -0.25) is 0 Å². The molecule has 0 unspecified atom stereocenters. The molecule has 0 bridgehead atoms. The molecule has 0 spiro atoms. The van der Waals surface area contributed by atoms with Crippen LogP contribution in [0.4, 0.5) is 0 Å². The number of allylic oxidation sites excluding steroid dienone is 4. The van der Waals surface area contributed by atoms with Gasteiger partial charge in [-0.15, -0.1) is 0 Å². The maximum absolute atomic E-state index is 10.0. The van der Waals surface area contributed by atoms with E-state index in [0.717, 1.165) is 12.8 Å². The first-order valence-electron chi connectivity index (χ1n) is 5.32. The minimum Gasteiger partial charge on any atom is -0.370 e. The largest absolute Gasteiger partial charge is 0.370 e. The zero-order chi connectivity index (χ0) is 11.5.